The second-order valence-corrected chi connectivity index (χ2v) is 10.7. The van der Waals surface area contributed by atoms with E-state index >= 15 is 0 Å². The molecule has 0 bridgehead atoms. The third kappa shape index (κ3) is 9.58. The van der Waals surface area contributed by atoms with Crippen molar-refractivity contribution in [2.45, 2.75) is 91.4 Å². The summed E-state index contributed by atoms with van der Waals surface area (Å²) in [5, 5.41) is 0. The summed E-state index contributed by atoms with van der Waals surface area (Å²) in [6.07, 6.45) is 8.86. The van der Waals surface area contributed by atoms with Gasteiger partial charge in [-0.3, -0.25) is 9.59 Å². The van der Waals surface area contributed by atoms with Crippen LogP contribution in [0.15, 0.2) is 72.9 Å². The van der Waals surface area contributed by atoms with E-state index in [1.54, 1.807) is 12.0 Å². The molecule has 0 aliphatic rings. The number of carbonyl (C=O) groups is 2. The number of methoxy groups -OCH3 is 1. The summed E-state index contributed by atoms with van der Waals surface area (Å²) >= 11 is 0. The van der Waals surface area contributed by atoms with E-state index in [0.717, 1.165) is 48.3 Å². The molecule has 1 heterocycles. The fraction of sp³-hybridized carbons (Fsp3) is 0.471. The number of carbonyl (C=O) groups excluding carboxylic acids is 2. The van der Waals surface area contributed by atoms with Crippen molar-refractivity contribution in [3.8, 4) is 5.75 Å². The minimum absolute atomic E-state index is 0.0163. The van der Waals surface area contributed by atoms with Gasteiger partial charge in [-0.1, -0.05) is 82.0 Å². The van der Waals surface area contributed by atoms with Crippen molar-refractivity contribution in [1.29, 1.82) is 0 Å². The van der Waals surface area contributed by atoms with E-state index in [-0.39, 0.29) is 24.4 Å². The second kappa shape index (κ2) is 16.5. The van der Waals surface area contributed by atoms with Gasteiger partial charge in [-0.25, -0.2) is 0 Å². The number of ether oxygens (including phenoxy) is 1. The maximum atomic E-state index is 13.9. The molecular weight excluding hydrogens is 498 g/mol. The molecule has 6 nitrogen and oxygen atoms in total. The standard InChI is InChI=1S/C34H47N3O3/c1-5-7-8-9-13-21-33(38)37(28(3)6-2)27-34(39)36(24-29-16-11-10-12-17-29)26-31-19-15-22-35(31)25-30-18-14-20-32(23-30)40-4/h10-12,14-20,22-23,28H,5-9,13,21,24-27H2,1-4H3. The summed E-state index contributed by atoms with van der Waals surface area (Å²) in [4.78, 5) is 30.8. The predicted octanol–water partition coefficient (Wildman–Crippen LogP) is 7.06. The lowest BCUT2D eigenvalue weighted by Crippen LogP contribution is -2.46. The molecule has 0 saturated carbocycles. The van der Waals surface area contributed by atoms with E-state index in [1.165, 1.54) is 12.8 Å². The highest BCUT2D eigenvalue weighted by atomic mass is 16.5. The lowest BCUT2D eigenvalue weighted by molar-refractivity contribution is -0.143. The molecule has 1 unspecified atom stereocenters. The van der Waals surface area contributed by atoms with Crippen LogP contribution in [-0.4, -0.2) is 45.9 Å². The molecule has 2 aromatic carbocycles. The van der Waals surface area contributed by atoms with Crippen molar-refractivity contribution >= 4 is 11.8 Å². The first-order chi connectivity index (χ1) is 19.4. The zero-order valence-corrected chi connectivity index (χ0v) is 24.9. The largest absolute Gasteiger partial charge is 0.497 e. The van der Waals surface area contributed by atoms with Crippen molar-refractivity contribution < 1.29 is 14.3 Å². The van der Waals surface area contributed by atoms with Crippen LogP contribution in [0.4, 0.5) is 0 Å². The normalized spacial score (nSPS) is 11.7. The summed E-state index contributed by atoms with van der Waals surface area (Å²) in [5.41, 5.74) is 3.24. The van der Waals surface area contributed by atoms with Crippen LogP contribution in [-0.2, 0) is 29.2 Å². The van der Waals surface area contributed by atoms with Crippen LogP contribution >= 0.6 is 0 Å². The first-order valence-corrected chi connectivity index (χ1v) is 14.8. The Hall–Kier alpha value is -3.54. The van der Waals surface area contributed by atoms with Crippen LogP contribution in [0.2, 0.25) is 0 Å². The Morgan fingerprint density at radius 3 is 2.33 bits per heavy atom. The number of aromatic nitrogens is 1. The minimum atomic E-state index is -0.0300. The van der Waals surface area contributed by atoms with E-state index in [4.69, 9.17) is 4.74 Å². The molecule has 0 saturated heterocycles. The lowest BCUT2D eigenvalue weighted by Gasteiger charge is -2.31. The Labute approximate surface area is 240 Å². The smallest absolute Gasteiger partial charge is 0.242 e. The second-order valence-electron chi connectivity index (χ2n) is 10.7. The van der Waals surface area contributed by atoms with E-state index in [9.17, 15) is 9.59 Å². The van der Waals surface area contributed by atoms with Crippen LogP contribution < -0.4 is 4.74 Å². The molecular formula is C34H47N3O3. The number of rotatable bonds is 17. The maximum absolute atomic E-state index is 13.9. The molecule has 0 spiro atoms. The zero-order valence-electron chi connectivity index (χ0n) is 24.9. The Bertz CT molecular complexity index is 1170. The van der Waals surface area contributed by atoms with Crippen LogP contribution in [0.3, 0.4) is 0 Å². The molecule has 1 atom stereocenters. The number of unbranched alkanes of at least 4 members (excludes halogenated alkanes) is 4. The fourth-order valence-electron chi connectivity index (χ4n) is 4.93. The summed E-state index contributed by atoms with van der Waals surface area (Å²) in [7, 11) is 1.67. The predicted molar refractivity (Wildman–Crippen MR) is 162 cm³/mol. The van der Waals surface area contributed by atoms with Crippen LogP contribution in [0.25, 0.3) is 0 Å². The summed E-state index contributed by atoms with van der Waals surface area (Å²) in [6.45, 7) is 8.05. The van der Waals surface area contributed by atoms with Crippen molar-refractivity contribution in [2.75, 3.05) is 13.7 Å². The van der Waals surface area contributed by atoms with Gasteiger partial charge in [0.25, 0.3) is 0 Å². The maximum Gasteiger partial charge on any atom is 0.242 e. The van der Waals surface area contributed by atoms with Gasteiger partial charge in [-0.15, -0.1) is 0 Å². The molecule has 0 radical (unpaired) electrons. The number of hydrogen-bond donors (Lipinski definition) is 0. The molecule has 2 amide bonds. The quantitative estimate of drug-likeness (QED) is 0.171. The van der Waals surface area contributed by atoms with Gasteiger partial charge < -0.3 is 19.1 Å². The first kappa shape index (κ1) is 31.0. The molecule has 3 aromatic rings. The van der Waals surface area contributed by atoms with Gasteiger partial charge in [0.1, 0.15) is 12.3 Å². The lowest BCUT2D eigenvalue weighted by atomic mass is 10.1. The SMILES string of the molecule is CCCCCCCC(=O)N(CC(=O)N(Cc1ccccc1)Cc1cccn1Cc1cccc(OC)c1)C(C)CC. The molecule has 216 valence electrons. The Morgan fingerprint density at radius 1 is 0.850 bits per heavy atom. The van der Waals surface area contributed by atoms with Crippen molar-refractivity contribution in [3.63, 3.8) is 0 Å². The number of benzene rings is 2. The van der Waals surface area contributed by atoms with Crippen molar-refractivity contribution in [2.24, 2.45) is 0 Å². The monoisotopic (exact) mass is 545 g/mol. The Morgan fingerprint density at radius 2 is 1.60 bits per heavy atom. The average molecular weight is 546 g/mol. The van der Waals surface area contributed by atoms with Crippen molar-refractivity contribution in [3.05, 3.63) is 89.7 Å². The van der Waals surface area contributed by atoms with E-state index in [0.29, 0.717) is 26.1 Å². The average Bonchev–Trinajstić information content (AvgIpc) is 3.41. The fourth-order valence-corrected chi connectivity index (χ4v) is 4.93. The number of nitrogens with zero attached hydrogens (tertiary/aromatic N) is 3. The van der Waals surface area contributed by atoms with Crippen LogP contribution in [0.5, 0.6) is 5.75 Å². The molecule has 0 N–H and O–H groups in total. The van der Waals surface area contributed by atoms with Gasteiger partial charge >= 0.3 is 0 Å². The van der Waals surface area contributed by atoms with Crippen molar-refractivity contribution in [1.82, 2.24) is 14.4 Å². The van der Waals surface area contributed by atoms with Gasteiger partial charge in [-0.2, -0.15) is 0 Å². The summed E-state index contributed by atoms with van der Waals surface area (Å²) in [5.74, 6) is 0.880. The Kier molecular flexibility index (Phi) is 12.8. The minimum Gasteiger partial charge on any atom is -0.497 e. The highest BCUT2D eigenvalue weighted by Gasteiger charge is 2.25. The van der Waals surface area contributed by atoms with E-state index < -0.39 is 0 Å². The molecule has 0 aliphatic heterocycles. The molecule has 0 fully saturated rings. The zero-order chi connectivity index (χ0) is 28.7. The van der Waals surface area contributed by atoms with Gasteiger partial charge in [0.05, 0.1) is 13.7 Å². The van der Waals surface area contributed by atoms with Gasteiger partial charge in [0, 0.05) is 37.4 Å². The van der Waals surface area contributed by atoms with Gasteiger partial charge in [0.15, 0.2) is 0 Å². The summed E-state index contributed by atoms with van der Waals surface area (Å²) < 4.78 is 7.57. The molecule has 0 aliphatic carbocycles. The highest BCUT2D eigenvalue weighted by Crippen LogP contribution is 2.18. The van der Waals surface area contributed by atoms with E-state index in [1.807, 2.05) is 72.6 Å². The third-order valence-electron chi connectivity index (χ3n) is 7.58. The number of amides is 2. The van der Waals surface area contributed by atoms with Crippen LogP contribution in [0, 0.1) is 0 Å². The third-order valence-corrected chi connectivity index (χ3v) is 7.58. The molecule has 40 heavy (non-hydrogen) atoms. The summed E-state index contributed by atoms with van der Waals surface area (Å²) in [6, 6.07) is 22.2. The molecule has 3 rings (SSSR count). The topological polar surface area (TPSA) is 54.8 Å². The molecule has 1 aromatic heterocycles. The van der Waals surface area contributed by atoms with E-state index in [2.05, 4.69) is 30.5 Å². The first-order valence-electron chi connectivity index (χ1n) is 14.8. The highest BCUT2D eigenvalue weighted by molar-refractivity contribution is 5.85. The molecule has 6 heteroatoms. The number of hydrogen-bond acceptors (Lipinski definition) is 3. The van der Waals surface area contributed by atoms with Gasteiger partial charge in [-0.05, 0) is 55.2 Å². The van der Waals surface area contributed by atoms with Crippen LogP contribution in [0.1, 0.15) is 82.5 Å². The Balaban J connectivity index is 1.77. The van der Waals surface area contributed by atoms with Gasteiger partial charge in [0.2, 0.25) is 11.8 Å².